The minimum atomic E-state index is -4.94. The minimum Gasteiger partial charge on any atom is -0.462 e. The summed E-state index contributed by atoms with van der Waals surface area (Å²) in [5.74, 6) is -0.625. The molecule has 0 amide bonds. The Balaban J connectivity index is 5.12. The summed E-state index contributed by atoms with van der Waals surface area (Å²) >= 11 is 0. The smallest absolute Gasteiger partial charge is 0.462 e. The van der Waals surface area contributed by atoms with E-state index in [-0.39, 0.29) is 25.7 Å². The molecule has 0 aliphatic carbocycles. The monoisotopic (exact) mass is 1200 g/mol. The largest absolute Gasteiger partial charge is 0.472 e. The van der Waals surface area contributed by atoms with Crippen molar-refractivity contribution in [2.45, 2.75) is 323 Å². The Morgan fingerprint density at radius 3 is 0.938 bits per heavy atom. The molecule has 0 radical (unpaired) electrons. The van der Waals surface area contributed by atoms with E-state index in [4.69, 9.17) is 37.0 Å². The van der Waals surface area contributed by atoms with Crippen LogP contribution in [-0.4, -0.2) is 96.7 Å². The van der Waals surface area contributed by atoms with Crippen molar-refractivity contribution in [3.63, 3.8) is 0 Å². The molecule has 0 saturated carbocycles. The van der Waals surface area contributed by atoms with E-state index in [1.54, 1.807) is 0 Å². The number of unbranched alkanes of at least 4 members (excludes halogenated alkanes) is 30. The summed E-state index contributed by atoms with van der Waals surface area (Å²) in [6.45, 7) is 9.35. The van der Waals surface area contributed by atoms with Gasteiger partial charge in [-0.1, -0.05) is 253 Å². The number of hydrogen-bond donors (Lipinski definition) is 3. The average molecular weight is 1200 g/mol. The van der Waals surface area contributed by atoms with Gasteiger partial charge >= 0.3 is 39.5 Å². The summed E-state index contributed by atoms with van der Waals surface area (Å²) in [6.07, 6.45) is 36.7. The second-order valence-electron chi connectivity index (χ2n) is 23.2. The molecular formula is C62H120O17P2. The fraction of sp³-hybridized carbons (Fsp3) is 0.935. The highest BCUT2D eigenvalue weighted by Crippen LogP contribution is 2.45. The van der Waals surface area contributed by atoms with E-state index in [2.05, 4.69) is 41.5 Å². The van der Waals surface area contributed by atoms with Gasteiger partial charge in [-0.25, -0.2) is 9.13 Å². The van der Waals surface area contributed by atoms with Crippen LogP contribution in [0.3, 0.4) is 0 Å². The average Bonchev–Trinajstić information content (AvgIpc) is 3.43. The zero-order valence-corrected chi connectivity index (χ0v) is 53.9. The first-order valence-corrected chi connectivity index (χ1v) is 35.5. The molecule has 19 heteroatoms. The van der Waals surface area contributed by atoms with Crippen LogP contribution >= 0.6 is 15.6 Å². The van der Waals surface area contributed by atoms with Crippen molar-refractivity contribution in [2.24, 2.45) is 11.8 Å². The molecule has 0 aromatic heterocycles. The van der Waals surface area contributed by atoms with Gasteiger partial charge in [0.15, 0.2) is 12.2 Å². The number of esters is 4. The molecule has 0 saturated heterocycles. The first-order chi connectivity index (χ1) is 38.9. The standard InChI is InChI=1S/C62H120O17P2/c1-7-10-12-14-15-22-26-34-40-46-61(66)78-57(50-72-59(64)44-38-30-13-11-8-2)52-76-80(68,69)74-48-56(63)49-75-81(70,71)77-53-58(51-73-60(65)45-39-33-29-28-31-36-42-54(4)5)79-62(67)47-41-35-27-24-21-19-17-16-18-20-23-25-32-37-43-55(6)9-3/h54-58,63H,7-53H2,1-6H3,(H,68,69)(H,70,71)/t55?,56-,57+,58+/m0/s1. The second-order valence-corrected chi connectivity index (χ2v) is 26.1. The van der Waals surface area contributed by atoms with E-state index in [1.807, 2.05) is 0 Å². The molecule has 3 N–H and O–H groups in total. The summed E-state index contributed by atoms with van der Waals surface area (Å²) in [6, 6.07) is 0. The Kier molecular flexibility index (Phi) is 53.4. The quantitative estimate of drug-likeness (QED) is 0.0222. The van der Waals surface area contributed by atoms with Gasteiger partial charge in [0.05, 0.1) is 26.4 Å². The van der Waals surface area contributed by atoms with Gasteiger partial charge in [-0.15, -0.1) is 0 Å². The maximum Gasteiger partial charge on any atom is 0.472 e. The van der Waals surface area contributed by atoms with Crippen LogP contribution in [0, 0.1) is 11.8 Å². The third-order valence-electron chi connectivity index (χ3n) is 14.6. The predicted molar refractivity (Wildman–Crippen MR) is 321 cm³/mol. The molecular weight excluding hydrogens is 1080 g/mol. The van der Waals surface area contributed by atoms with E-state index in [0.717, 1.165) is 109 Å². The summed E-state index contributed by atoms with van der Waals surface area (Å²) in [5.41, 5.74) is 0. The van der Waals surface area contributed by atoms with Crippen molar-refractivity contribution in [3.05, 3.63) is 0 Å². The van der Waals surface area contributed by atoms with Crippen molar-refractivity contribution in [3.8, 4) is 0 Å². The van der Waals surface area contributed by atoms with Crippen LogP contribution < -0.4 is 0 Å². The SMILES string of the molecule is CCCCCCCCCCCC(=O)O[C@H](COC(=O)CCCCCCC)COP(=O)(O)OC[C@H](O)COP(=O)(O)OC[C@@H](COC(=O)CCCCCCCCC(C)C)OC(=O)CCCCCCCCCCCCCCCCC(C)CC. The van der Waals surface area contributed by atoms with Crippen LogP contribution in [0.4, 0.5) is 0 Å². The van der Waals surface area contributed by atoms with Gasteiger partial charge in [-0.3, -0.25) is 37.3 Å². The summed E-state index contributed by atoms with van der Waals surface area (Å²) in [5, 5.41) is 10.5. The third kappa shape index (κ3) is 55.7. The molecule has 0 spiro atoms. The summed E-state index contributed by atoms with van der Waals surface area (Å²) < 4.78 is 67.6. The highest BCUT2D eigenvalue weighted by Gasteiger charge is 2.30. The number of phosphoric ester groups is 2. The molecule has 0 aliphatic heterocycles. The number of hydrogen-bond acceptors (Lipinski definition) is 15. The third-order valence-corrected chi connectivity index (χ3v) is 16.5. The lowest BCUT2D eigenvalue weighted by molar-refractivity contribution is -0.161. The van der Waals surface area contributed by atoms with Gasteiger partial charge in [0.2, 0.25) is 0 Å². The van der Waals surface area contributed by atoms with Crippen LogP contribution in [0.1, 0.15) is 305 Å². The molecule has 0 aromatic carbocycles. The number of aliphatic hydroxyl groups is 1. The van der Waals surface area contributed by atoms with Crippen molar-refractivity contribution in [2.75, 3.05) is 39.6 Å². The Morgan fingerprint density at radius 1 is 0.358 bits per heavy atom. The molecule has 17 nitrogen and oxygen atoms in total. The highest BCUT2D eigenvalue weighted by molar-refractivity contribution is 7.47. The normalized spacial score (nSPS) is 14.7. The first-order valence-electron chi connectivity index (χ1n) is 32.5. The molecule has 81 heavy (non-hydrogen) atoms. The maximum atomic E-state index is 12.9. The Morgan fingerprint density at radius 2 is 0.630 bits per heavy atom. The second kappa shape index (κ2) is 54.7. The first kappa shape index (κ1) is 79.1. The summed E-state index contributed by atoms with van der Waals surface area (Å²) in [4.78, 5) is 71.8. The molecule has 6 atom stereocenters. The fourth-order valence-electron chi connectivity index (χ4n) is 9.15. The van der Waals surface area contributed by atoms with Crippen LogP contribution in [0.2, 0.25) is 0 Å². The lowest BCUT2D eigenvalue weighted by Gasteiger charge is -2.21. The van der Waals surface area contributed by atoms with Crippen LogP contribution in [0.15, 0.2) is 0 Å². The number of ether oxygens (including phenoxy) is 4. The number of carbonyl (C=O) groups is 4. The maximum absolute atomic E-state index is 12.9. The Bertz CT molecular complexity index is 1600. The number of rotatable bonds is 61. The van der Waals surface area contributed by atoms with E-state index in [0.29, 0.717) is 31.6 Å². The van der Waals surface area contributed by atoms with Gasteiger partial charge in [-0.05, 0) is 37.5 Å². The van der Waals surface area contributed by atoms with Crippen molar-refractivity contribution in [1.29, 1.82) is 0 Å². The molecule has 3 unspecified atom stereocenters. The molecule has 0 heterocycles. The minimum absolute atomic E-state index is 0.104. The molecule has 0 fully saturated rings. The Hall–Kier alpha value is -1.94. The number of aliphatic hydroxyl groups excluding tert-OH is 1. The van der Waals surface area contributed by atoms with Gasteiger partial charge in [-0.2, -0.15) is 0 Å². The van der Waals surface area contributed by atoms with E-state index in [9.17, 15) is 43.2 Å². The zero-order valence-electron chi connectivity index (χ0n) is 52.1. The zero-order chi connectivity index (χ0) is 60.1. The summed E-state index contributed by atoms with van der Waals surface area (Å²) in [7, 11) is -9.87. The molecule has 0 bridgehead atoms. The van der Waals surface area contributed by atoms with Crippen LogP contribution in [0.25, 0.3) is 0 Å². The molecule has 480 valence electrons. The van der Waals surface area contributed by atoms with Crippen molar-refractivity contribution >= 4 is 39.5 Å². The lowest BCUT2D eigenvalue weighted by atomic mass is 9.99. The molecule has 0 aromatic rings. The highest BCUT2D eigenvalue weighted by atomic mass is 31.2. The Labute approximate surface area is 492 Å². The van der Waals surface area contributed by atoms with Gasteiger partial charge in [0, 0.05) is 25.7 Å². The van der Waals surface area contributed by atoms with Gasteiger partial charge < -0.3 is 33.8 Å². The van der Waals surface area contributed by atoms with E-state index in [1.165, 1.54) is 109 Å². The fourth-order valence-corrected chi connectivity index (χ4v) is 10.7. The van der Waals surface area contributed by atoms with Gasteiger partial charge in [0.25, 0.3) is 0 Å². The lowest BCUT2D eigenvalue weighted by Crippen LogP contribution is -2.30. The molecule has 0 aliphatic rings. The van der Waals surface area contributed by atoms with Crippen molar-refractivity contribution < 1.29 is 80.2 Å². The van der Waals surface area contributed by atoms with Crippen LogP contribution in [-0.2, 0) is 65.4 Å². The van der Waals surface area contributed by atoms with Crippen molar-refractivity contribution in [1.82, 2.24) is 0 Å². The topological polar surface area (TPSA) is 237 Å². The molecule has 0 rings (SSSR count). The van der Waals surface area contributed by atoms with E-state index >= 15 is 0 Å². The predicted octanol–water partition coefficient (Wildman–Crippen LogP) is 16.9. The van der Waals surface area contributed by atoms with Crippen LogP contribution in [0.5, 0.6) is 0 Å². The van der Waals surface area contributed by atoms with Gasteiger partial charge in [0.1, 0.15) is 19.3 Å². The number of carbonyl (C=O) groups excluding carboxylic acids is 4. The number of phosphoric acid groups is 2. The van der Waals surface area contributed by atoms with E-state index < -0.39 is 97.5 Å².